The third kappa shape index (κ3) is 0.938. The van der Waals surface area contributed by atoms with Crippen LogP contribution in [0.4, 0.5) is 0 Å². The molecule has 0 aromatic heterocycles. The van der Waals surface area contributed by atoms with E-state index in [2.05, 4.69) is 0 Å². The van der Waals surface area contributed by atoms with E-state index < -0.39 is 0 Å². The van der Waals surface area contributed by atoms with Gasteiger partial charge in [0.15, 0.2) is 10.9 Å². The van der Waals surface area contributed by atoms with E-state index >= 15 is 0 Å². The fraction of sp³-hybridized carbons (Fsp3) is 0. The normalized spacial score (nSPS) is 11.8. The Bertz CT molecular complexity index is 964. The topological polar surface area (TPSA) is 34.1 Å². The first-order chi connectivity index (χ1) is 8.79. The molecule has 0 radical (unpaired) electrons. The molecule has 2 aromatic carbocycles. The summed E-state index contributed by atoms with van der Waals surface area (Å²) in [6.07, 6.45) is 0. The first-order valence-corrected chi connectivity index (χ1v) is 5.81. The van der Waals surface area contributed by atoms with Gasteiger partial charge in [0.05, 0.1) is 0 Å². The Kier molecular flexibility index (Phi) is 1.61. The van der Waals surface area contributed by atoms with Crippen molar-refractivity contribution >= 4 is 21.5 Å². The van der Waals surface area contributed by atoms with Crippen molar-refractivity contribution in [1.82, 2.24) is 0 Å². The van der Waals surface area contributed by atoms with Gasteiger partial charge in [-0.15, -0.1) is 0 Å². The van der Waals surface area contributed by atoms with Crippen LogP contribution in [0, 0.1) is 10.4 Å². The molecular weight excluding hydrogens is 224 g/mol. The third-order valence-corrected chi connectivity index (χ3v) is 3.59. The van der Waals surface area contributed by atoms with Crippen molar-refractivity contribution in [2.75, 3.05) is 0 Å². The Morgan fingerprint density at radius 1 is 0.500 bits per heavy atom. The fourth-order valence-electron chi connectivity index (χ4n) is 2.81. The predicted octanol–water partition coefficient (Wildman–Crippen LogP) is 2.31. The third-order valence-electron chi connectivity index (χ3n) is 3.59. The summed E-state index contributed by atoms with van der Waals surface area (Å²) >= 11 is 0. The zero-order valence-electron chi connectivity index (χ0n) is 9.44. The summed E-state index contributed by atoms with van der Waals surface area (Å²) < 4.78 is 0. The maximum absolute atomic E-state index is 12.4. The molecule has 0 spiro atoms. The van der Waals surface area contributed by atoms with Crippen molar-refractivity contribution in [3.05, 3.63) is 79.4 Å². The first kappa shape index (κ1) is 9.54. The Morgan fingerprint density at radius 3 is 1.22 bits per heavy atom. The van der Waals surface area contributed by atoms with Crippen LogP contribution in [0.25, 0.3) is 21.5 Å². The van der Waals surface area contributed by atoms with Gasteiger partial charge >= 0.3 is 0 Å². The molecule has 0 atom stereocenters. The second kappa shape index (κ2) is 3.05. The summed E-state index contributed by atoms with van der Waals surface area (Å²) in [5, 5.41) is 4.00. The molecule has 2 nitrogen and oxygen atoms in total. The van der Waals surface area contributed by atoms with Gasteiger partial charge in [-0.25, -0.2) is 0 Å². The highest BCUT2D eigenvalue weighted by atomic mass is 16.1. The van der Waals surface area contributed by atoms with Gasteiger partial charge in [0.25, 0.3) is 0 Å². The molecule has 2 aromatic rings. The molecule has 0 N–H and O–H groups in total. The van der Waals surface area contributed by atoms with Gasteiger partial charge in [0.2, 0.25) is 0 Å². The fourth-order valence-corrected chi connectivity index (χ4v) is 2.81. The van der Waals surface area contributed by atoms with Gasteiger partial charge in [-0.3, -0.25) is 9.59 Å². The molecule has 84 valence electrons. The van der Waals surface area contributed by atoms with Crippen LogP contribution in [0.15, 0.2) is 58.1 Å². The summed E-state index contributed by atoms with van der Waals surface area (Å²) in [6.45, 7) is 0. The maximum atomic E-state index is 12.4. The minimum atomic E-state index is -0.0288. The Balaban J connectivity index is 2.58. The lowest BCUT2D eigenvalue weighted by Crippen LogP contribution is -1.96. The smallest absolute Gasteiger partial charge is 0.195 e. The predicted molar refractivity (Wildman–Crippen MR) is 71.7 cm³/mol. The standard InChI is InChI=1S/C16H8O2/c17-15-11-7-3-1-5-9(11)13-14(15)10-6-2-4-8-12(10)16(13)18/h1-8H. The zero-order valence-corrected chi connectivity index (χ0v) is 9.44. The molecule has 0 amide bonds. The van der Waals surface area contributed by atoms with Crippen molar-refractivity contribution in [1.29, 1.82) is 0 Å². The molecule has 2 aliphatic rings. The highest BCUT2D eigenvalue weighted by Crippen LogP contribution is 2.19. The van der Waals surface area contributed by atoms with Gasteiger partial charge in [-0.05, 0) is 10.8 Å². The number of rotatable bonds is 0. The molecule has 0 saturated heterocycles. The number of hydrogen-bond acceptors (Lipinski definition) is 2. The van der Waals surface area contributed by atoms with Crippen LogP contribution in [0.3, 0.4) is 0 Å². The van der Waals surface area contributed by atoms with Crippen LogP contribution in [0.1, 0.15) is 0 Å². The quantitative estimate of drug-likeness (QED) is 0.466. The molecule has 18 heavy (non-hydrogen) atoms. The van der Waals surface area contributed by atoms with Crippen molar-refractivity contribution in [3.63, 3.8) is 0 Å². The van der Waals surface area contributed by atoms with E-state index in [1.54, 1.807) is 12.1 Å². The molecule has 0 saturated carbocycles. The van der Waals surface area contributed by atoms with Crippen LogP contribution in [0.5, 0.6) is 0 Å². The lowest BCUT2D eigenvalue weighted by Gasteiger charge is -1.88. The van der Waals surface area contributed by atoms with Crippen molar-refractivity contribution < 1.29 is 0 Å². The van der Waals surface area contributed by atoms with Gasteiger partial charge in [0.1, 0.15) is 0 Å². The highest BCUT2D eigenvalue weighted by molar-refractivity contribution is 5.94. The molecular formula is C16H8O2. The number of benzene rings is 2. The van der Waals surface area contributed by atoms with Crippen LogP contribution >= 0.6 is 0 Å². The highest BCUT2D eigenvalue weighted by Gasteiger charge is 2.15. The lowest BCUT2D eigenvalue weighted by atomic mass is 10.1. The van der Waals surface area contributed by atoms with E-state index in [1.165, 1.54) is 0 Å². The average molecular weight is 232 g/mol. The molecule has 0 fully saturated rings. The van der Waals surface area contributed by atoms with Crippen molar-refractivity contribution in [3.8, 4) is 0 Å². The summed E-state index contributed by atoms with van der Waals surface area (Å²) in [5.74, 6) is 0. The van der Waals surface area contributed by atoms with E-state index in [1.807, 2.05) is 36.4 Å². The first-order valence-electron chi connectivity index (χ1n) is 5.81. The van der Waals surface area contributed by atoms with E-state index in [0.717, 1.165) is 10.8 Å². The Labute approximate surface area is 101 Å². The van der Waals surface area contributed by atoms with E-state index in [4.69, 9.17) is 0 Å². The van der Waals surface area contributed by atoms with Crippen molar-refractivity contribution in [2.45, 2.75) is 0 Å². The summed E-state index contributed by atoms with van der Waals surface area (Å²) in [4.78, 5) is 24.8. The second-order valence-corrected chi connectivity index (χ2v) is 4.50. The Morgan fingerprint density at radius 2 is 0.833 bits per heavy atom. The molecule has 2 heteroatoms. The molecule has 0 heterocycles. The average Bonchev–Trinajstić information content (AvgIpc) is 2.87. The zero-order chi connectivity index (χ0) is 12.3. The maximum Gasteiger partial charge on any atom is 0.195 e. The van der Waals surface area contributed by atoms with Crippen LogP contribution < -0.4 is 10.9 Å². The number of fused-ring (bicyclic) bond motifs is 4. The van der Waals surface area contributed by atoms with Crippen LogP contribution in [0.2, 0.25) is 0 Å². The van der Waals surface area contributed by atoms with E-state index in [-0.39, 0.29) is 10.9 Å². The minimum Gasteiger partial charge on any atom is -0.289 e. The van der Waals surface area contributed by atoms with Gasteiger partial charge in [0, 0.05) is 21.2 Å². The summed E-state index contributed by atoms with van der Waals surface area (Å²) in [6, 6.07) is 14.6. The monoisotopic (exact) mass is 232 g/mol. The largest absolute Gasteiger partial charge is 0.289 e. The summed E-state index contributed by atoms with van der Waals surface area (Å²) in [7, 11) is 0. The van der Waals surface area contributed by atoms with Gasteiger partial charge < -0.3 is 0 Å². The van der Waals surface area contributed by atoms with Gasteiger partial charge in [-0.1, -0.05) is 48.5 Å². The van der Waals surface area contributed by atoms with Crippen molar-refractivity contribution in [2.24, 2.45) is 0 Å². The van der Waals surface area contributed by atoms with Crippen LogP contribution in [-0.2, 0) is 0 Å². The molecule has 0 aliphatic heterocycles. The molecule has 0 bridgehead atoms. The van der Waals surface area contributed by atoms with E-state index in [9.17, 15) is 9.59 Å². The van der Waals surface area contributed by atoms with Gasteiger partial charge in [-0.2, -0.15) is 0 Å². The van der Waals surface area contributed by atoms with Crippen LogP contribution in [-0.4, -0.2) is 0 Å². The molecule has 2 aliphatic carbocycles. The second-order valence-electron chi connectivity index (χ2n) is 4.50. The minimum absolute atomic E-state index is 0.0288. The number of hydrogen-bond donors (Lipinski definition) is 0. The summed E-state index contributed by atoms with van der Waals surface area (Å²) in [5.41, 5.74) is -0.0576. The Hall–Kier alpha value is -2.48. The van der Waals surface area contributed by atoms with E-state index in [0.29, 0.717) is 21.2 Å². The SMILES string of the molecule is O=c1c2c3ccccc3c(=O)c=2c2ccccc12. The lowest BCUT2D eigenvalue weighted by molar-refractivity contribution is 1.62. The molecule has 0 unspecified atom stereocenters. The molecule has 4 rings (SSSR count).